The highest BCUT2D eigenvalue weighted by Crippen LogP contribution is 2.23. The standard InChI is InChI=1S/C15H23Cl2N/c1-12(2)11-18-9-5-3-4-6-13-7-8-14(16)15(17)10-13/h7-8,10,12,18H,3-6,9,11H2,1-2H3. The molecule has 18 heavy (non-hydrogen) atoms. The van der Waals surface area contributed by atoms with E-state index in [0.29, 0.717) is 10.0 Å². The van der Waals surface area contributed by atoms with E-state index in [4.69, 9.17) is 23.2 Å². The lowest BCUT2D eigenvalue weighted by Gasteiger charge is -2.07. The van der Waals surface area contributed by atoms with Gasteiger partial charge in [-0.3, -0.25) is 0 Å². The van der Waals surface area contributed by atoms with Crippen molar-refractivity contribution >= 4 is 23.2 Å². The zero-order chi connectivity index (χ0) is 13.4. The SMILES string of the molecule is CC(C)CNCCCCCc1ccc(Cl)c(Cl)c1. The molecule has 3 heteroatoms. The van der Waals surface area contributed by atoms with Gasteiger partial charge in [0.1, 0.15) is 0 Å². The zero-order valence-corrected chi connectivity index (χ0v) is 12.8. The van der Waals surface area contributed by atoms with Crippen LogP contribution in [0.2, 0.25) is 10.0 Å². The lowest BCUT2D eigenvalue weighted by atomic mass is 10.1. The van der Waals surface area contributed by atoms with E-state index in [1.165, 1.54) is 24.8 Å². The smallest absolute Gasteiger partial charge is 0.0595 e. The van der Waals surface area contributed by atoms with Gasteiger partial charge >= 0.3 is 0 Å². The highest BCUT2D eigenvalue weighted by Gasteiger charge is 1.99. The summed E-state index contributed by atoms with van der Waals surface area (Å²) in [6.07, 6.45) is 4.79. The van der Waals surface area contributed by atoms with Gasteiger partial charge in [0, 0.05) is 0 Å². The maximum absolute atomic E-state index is 5.98. The van der Waals surface area contributed by atoms with Crippen LogP contribution in [0.4, 0.5) is 0 Å². The van der Waals surface area contributed by atoms with Crippen molar-refractivity contribution in [2.45, 2.75) is 39.5 Å². The van der Waals surface area contributed by atoms with Crippen molar-refractivity contribution in [1.29, 1.82) is 0 Å². The minimum atomic E-state index is 0.637. The first kappa shape index (κ1) is 15.8. The molecule has 0 bridgehead atoms. The summed E-state index contributed by atoms with van der Waals surface area (Å²) in [5.41, 5.74) is 1.28. The van der Waals surface area contributed by atoms with Gasteiger partial charge in [0.05, 0.1) is 10.0 Å². The number of hydrogen-bond donors (Lipinski definition) is 1. The molecule has 0 atom stereocenters. The third kappa shape index (κ3) is 6.63. The molecule has 0 amide bonds. The number of nitrogens with one attached hydrogen (secondary N) is 1. The van der Waals surface area contributed by atoms with Gasteiger partial charge in [-0.05, 0) is 56.0 Å². The first-order chi connectivity index (χ1) is 8.59. The number of unbranched alkanes of at least 4 members (excludes halogenated alkanes) is 2. The predicted molar refractivity (Wildman–Crippen MR) is 81.7 cm³/mol. The minimum Gasteiger partial charge on any atom is -0.316 e. The molecule has 0 radical (unpaired) electrons. The summed E-state index contributed by atoms with van der Waals surface area (Å²) >= 11 is 11.9. The van der Waals surface area contributed by atoms with E-state index in [-0.39, 0.29) is 0 Å². The van der Waals surface area contributed by atoms with E-state index in [0.717, 1.165) is 25.4 Å². The van der Waals surface area contributed by atoms with Gasteiger partial charge in [-0.25, -0.2) is 0 Å². The number of halogens is 2. The van der Waals surface area contributed by atoms with E-state index >= 15 is 0 Å². The van der Waals surface area contributed by atoms with Crippen LogP contribution in [0.5, 0.6) is 0 Å². The molecule has 0 unspecified atom stereocenters. The van der Waals surface area contributed by atoms with Gasteiger partial charge < -0.3 is 5.32 Å². The van der Waals surface area contributed by atoms with Crippen LogP contribution in [0.3, 0.4) is 0 Å². The molecule has 0 aromatic heterocycles. The van der Waals surface area contributed by atoms with E-state index in [2.05, 4.69) is 25.2 Å². The molecule has 1 aromatic rings. The van der Waals surface area contributed by atoms with Crippen LogP contribution >= 0.6 is 23.2 Å². The summed E-state index contributed by atoms with van der Waals surface area (Å²) in [5, 5.41) is 4.76. The molecule has 0 aliphatic rings. The molecule has 0 heterocycles. The average molecular weight is 288 g/mol. The Morgan fingerprint density at radius 1 is 1.06 bits per heavy atom. The van der Waals surface area contributed by atoms with Crippen LogP contribution < -0.4 is 5.32 Å². The van der Waals surface area contributed by atoms with Crippen LogP contribution in [-0.4, -0.2) is 13.1 Å². The van der Waals surface area contributed by atoms with Gasteiger partial charge in [0.15, 0.2) is 0 Å². The second kappa shape index (κ2) is 8.79. The highest BCUT2D eigenvalue weighted by molar-refractivity contribution is 6.42. The number of hydrogen-bond acceptors (Lipinski definition) is 1. The number of rotatable bonds is 8. The van der Waals surface area contributed by atoms with Crippen molar-refractivity contribution in [3.63, 3.8) is 0 Å². The van der Waals surface area contributed by atoms with Crippen molar-refractivity contribution in [2.24, 2.45) is 5.92 Å². The fourth-order valence-electron chi connectivity index (χ4n) is 1.84. The van der Waals surface area contributed by atoms with Gasteiger partial charge in [0.2, 0.25) is 0 Å². The zero-order valence-electron chi connectivity index (χ0n) is 11.3. The molecule has 1 N–H and O–H groups in total. The maximum Gasteiger partial charge on any atom is 0.0595 e. The minimum absolute atomic E-state index is 0.637. The van der Waals surface area contributed by atoms with Crippen LogP contribution in [0, 0.1) is 5.92 Å². The summed E-state index contributed by atoms with van der Waals surface area (Å²) in [7, 11) is 0. The second-order valence-corrected chi connectivity index (χ2v) is 5.97. The molecular weight excluding hydrogens is 265 g/mol. The second-order valence-electron chi connectivity index (χ2n) is 5.16. The van der Waals surface area contributed by atoms with Crippen LogP contribution in [0.15, 0.2) is 18.2 Å². The Bertz CT molecular complexity index is 350. The molecule has 1 nitrogen and oxygen atoms in total. The Morgan fingerprint density at radius 2 is 1.83 bits per heavy atom. The predicted octanol–water partition coefficient (Wildman–Crippen LogP) is 4.95. The summed E-state index contributed by atoms with van der Waals surface area (Å²) in [4.78, 5) is 0. The Morgan fingerprint density at radius 3 is 2.50 bits per heavy atom. The maximum atomic E-state index is 5.98. The molecule has 0 fully saturated rings. The largest absolute Gasteiger partial charge is 0.316 e. The molecule has 0 saturated heterocycles. The molecule has 0 spiro atoms. The van der Waals surface area contributed by atoms with Crippen molar-refractivity contribution in [2.75, 3.05) is 13.1 Å². The average Bonchev–Trinajstić information content (AvgIpc) is 2.32. The Hall–Kier alpha value is -0.240. The van der Waals surface area contributed by atoms with Gasteiger partial charge in [0.25, 0.3) is 0 Å². The van der Waals surface area contributed by atoms with Crippen LogP contribution in [0.1, 0.15) is 38.7 Å². The molecule has 0 aliphatic carbocycles. The van der Waals surface area contributed by atoms with E-state index < -0.39 is 0 Å². The monoisotopic (exact) mass is 287 g/mol. The molecule has 102 valence electrons. The van der Waals surface area contributed by atoms with E-state index in [1.807, 2.05) is 12.1 Å². The summed E-state index contributed by atoms with van der Waals surface area (Å²) in [6, 6.07) is 5.91. The Kier molecular flexibility index (Phi) is 7.73. The van der Waals surface area contributed by atoms with Gasteiger partial charge in [-0.1, -0.05) is 49.5 Å². The lowest BCUT2D eigenvalue weighted by Crippen LogP contribution is -2.20. The van der Waals surface area contributed by atoms with E-state index in [1.54, 1.807) is 0 Å². The summed E-state index contributed by atoms with van der Waals surface area (Å²) < 4.78 is 0. The Labute approximate surface area is 121 Å². The molecule has 1 rings (SSSR count). The van der Waals surface area contributed by atoms with Crippen molar-refractivity contribution in [3.8, 4) is 0 Å². The van der Waals surface area contributed by atoms with Crippen LogP contribution in [-0.2, 0) is 6.42 Å². The highest BCUT2D eigenvalue weighted by atomic mass is 35.5. The fourth-order valence-corrected chi connectivity index (χ4v) is 2.16. The molecule has 0 aliphatic heterocycles. The van der Waals surface area contributed by atoms with Gasteiger partial charge in [-0.2, -0.15) is 0 Å². The lowest BCUT2D eigenvalue weighted by molar-refractivity contribution is 0.530. The Balaban J connectivity index is 2.09. The third-order valence-corrected chi connectivity index (χ3v) is 3.59. The third-order valence-electron chi connectivity index (χ3n) is 2.86. The van der Waals surface area contributed by atoms with Crippen molar-refractivity contribution < 1.29 is 0 Å². The van der Waals surface area contributed by atoms with Gasteiger partial charge in [-0.15, -0.1) is 0 Å². The molecular formula is C15H23Cl2N. The first-order valence-corrected chi connectivity index (χ1v) is 7.50. The fraction of sp³-hybridized carbons (Fsp3) is 0.600. The quantitative estimate of drug-likeness (QED) is 0.667. The first-order valence-electron chi connectivity index (χ1n) is 6.74. The van der Waals surface area contributed by atoms with Crippen molar-refractivity contribution in [1.82, 2.24) is 5.32 Å². The molecule has 0 saturated carbocycles. The number of benzene rings is 1. The normalized spacial score (nSPS) is 11.2. The summed E-state index contributed by atoms with van der Waals surface area (Å²) in [5.74, 6) is 0.737. The summed E-state index contributed by atoms with van der Waals surface area (Å²) in [6.45, 7) is 6.71. The molecule has 1 aromatic carbocycles. The topological polar surface area (TPSA) is 12.0 Å². The number of aryl methyl sites for hydroxylation is 1. The van der Waals surface area contributed by atoms with Crippen LogP contribution in [0.25, 0.3) is 0 Å². The van der Waals surface area contributed by atoms with E-state index in [9.17, 15) is 0 Å². The van der Waals surface area contributed by atoms with Crippen molar-refractivity contribution in [3.05, 3.63) is 33.8 Å².